The van der Waals surface area contributed by atoms with Gasteiger partial charge in [0.15, 0.2) is 0 Å². The number of ether oxygens (including phenoxy) is 1. The van der Waals surface area contributed by atoms with E-state index in [1.54, 1.807) is 12.1 Å². The zero-order chi connectivity index (χ0) is 15.9. The van der Waals surface area contributed by atoms with Crippen molar-refractivity contribution in [1.82, 2.24) is 5.43 Å². The highest BCUT2D eigenvalue weighted by Gasteiger charge is 2.56. The lowest BCUT2D eigenvalue weighted by molar-refractivity contribution is -0.132. The standard InChI is InChI=1S/C15H15N3O4/c1-9-3-5-10(6-4-9)18-12(19)8-15(14(18)21)7-11(16-17-15)13(20)22-2/h3-6,17H,7-8H2,1-2H3. The molecule has 2 amide bonds. The largest absolute Gasteiger partial charge is 0.464 e. The van der Waals surface area contributed by atoms with Gasteiger partial charge in [0.1, 0.15) is 11.3 Å². The van der Waals surface area contributed by atoms with Gasteiger partial charge in [-0.3, -0.25) is 15.0 Å². The predicted octanol–water partition coefficient (Wildman–Crippen LogP) is 0.519. The second-order valence-corrected chi connectivity index (χ2v) is 5.47. The summed E-state index contributed by atoms with van der Waals surface area (Å²) in [5.74, 6) is -1.31. The molecule has 0 saturated carbocycles. The minimum Gasteiger partial charge on any atom is -0.464 e. The Labute approximate surface area is 126 Å². The normalized spacial score (nSPS) is 23.7. The number of methoxy groups -OCH3 is 1. The van der Waals surface area contributed by atoms with E-state index in [9.17, 15) is 14.4 Å². The number of aryl methyl sites for hydroxylation is 1. The van der Waals surface area contributed by atoms with E-state index in [0.717, 1.165) is 10.5 Å². The molecule has 1 N–H and O–H groups in total. The van der Waals surface area contributed by atoms with Crippen molar-refractivity contribution in [3.63, 3.8) is 0 Å². The molecule has 114 valence electrons. The fourth-order valence-electron chi connectivity index (χ4n) is 2.70. The van der Waals surface area contributed by atoms with Crippen LogP contribution in [0.15, 0.2) is 29.4 Å². The molecule has 0 aliphatic carbocycles. The molecule has 3 rings (SSSR count). The summed E-state index contributed by atoms with van der Waals surface area (Å²) in [6, 6.07) is 7.11. The van der Waals surface area contributed by atoms with Crippen molar-refractivity contribution >= 4 is 29.2 Å². The molecule has 1 atom stereocenters. The highest BCUT2D eigenvalue weighted by Crippen LogP contribution is 2.34. The lowest BCUT2D eigenvalue weighted by Gasteiger charge is -2.21. The summed E-state index contributed by atoms with van der Waals surface area (Å²) in [6.45, 7) is 1.92. The molecule has 7 heteroatoms. The number of carbonyl (C=O) groups excluding carboxylic acids is 3. The Morgan fingerprint density at radius 1 is 1.27 bits per heavy atom. The van der Waals surface area contributed by atoms with Gasteiger partial charge in [0.05, 0.1) is 19.2 Å². The number of hydrogen-bond acceptors (Lipinski definition) is 6. The fraction of sp³-hybridized carbons (Fsp3) is 0.333. The minimum atomic E-state index is -1.18. The van der Waals surface area contributed by atoms with Gasteiger partial charge in [0.25, 0.3) is 5.91 Å². The topological polar surface area (TPSA) is 88.1 Å². The highest BCUT2D eigenvalue weighted by molar-refractivity contribution is 6.39. The van der Waals surface area contributed by atoms with E-state index in [1.807, 2.05) is 19.1 Å². The number of hydrazone groups is 1. The third kappa shape index (κ3) is 2.05. The number of nitrogens with one attached hydrogen (secondary N) is 1. The molecule has 2 aliphatic heterocycles. The first-order valence-electron chi connectivity index (χ1n) is 6.83. The molecule has 1 fully saturated rings. The van der Waals surface area contributed by atoms with Gasteiger partial charge in [0, 0.05) is 6.42 Å². The summed E-state index contributed by atoms with van der Waals surface area (Å²) >= 11 is 0. The van der Waals surface area contributed by atoms with E-state index >= 15 is 0 Å². The second-order valence-electron chi connectivity index (χ2n) is 5.47. The van der Waals surface area contributed by atoms with Gasteiger partial charge in [0.2, 0.25) is 5.91 Å². The molecule has 0 bridgehead atoms. The van der Waals surface area contributed by atoms with Crippen LogP contribution in [0.1, 0.15) is 18.4 Å². The molecule has 1 aromatic rings. The maximum atomic E-state index is 12.7. The summed E-state index contributed by atoms with van der Waals surface area (Å²) < 4.78 is 4.60. The Kier molecular flexibility index (Phi) is 3.20. The average molecular weight is 301 g/mol. The fourth-order valence-corrected chi connectivity index (χ4v) is 2.70. The Morgan fingerprint density at radius 2 is 1.95 bits per heavy atom. The van der Waals surface area contributed by atoms with Crippen molar-refractivity contribution in [2.45, 2.75) is 25.3 Å². The van der Waals surface area contributed by atoms with Crippen LogP contribution in [0.5, 0.6) is 0 Å². The molecular weight excluding hydrogens is 286 g/mol. The number of esters is 1. The van der Waals surface area contributed by atoms with E-state index in [4.69, 9.17) is 0 Å². The number of anilines is 1. The van der Waals surface area contributed by atoms with E-state index in [1.165, 1.54) is 7.11 Å². The molecule has 1 aromatic carbocycles. The van der Waals surface area contributed by atoms with Gasteiger partial charge in [-0.25, -0.2) is 9.69 Å². The van der Waals surface area contributed by atoms with Crippen LogP contribution in [0.2, 0.25) is 0 Å². The minimum absolute atomic E-state index is 0.0380. The second kappa shape index (κ2) is 4.94. The van der Waals surface area contributed by atoms with Crippen LogP contribution in [-0.4, -0.2) is 36.1 Å². The number of nitrogens with zero attached hydrogens (tertiary/aromatic N) is 2. The van der Waals surface area contributed by atoms with Crippen molar-refractivity contribution in [3.8, 4) is 0 Å². The van der Waals surface area contributed by atoms with E-state index < -0.39 is 17.4 Å². The Morgan fingerprint density at radius 3 is 2.59 bits per heavy atom. The van der Waals surface area contributed by atoms with Crippen LogP contribution in [0, 0.1) is 6.92 Å². The maximum absolute atomic E-state index is 12.7. The monoisotopic (exact) mass is 301 g/mol. The first-order valence-corrected chi connectivity index (χ1v) is 6.83. The Bertz CT molecular complexity index is 695. The van der Waals surface area contributed by atoms with Gasteiger partial charge in [-0.2, -0.15) is 5.10 Å². The highest BCUT2D eigenvalue weighted by atomic mass is 16.5. The van der Waals surface area contributed by atoms with Crippen molar-refractivity contribution < 1.29 is 19.1 Å². The average Bonchev–Trinajstić information content (AvgIpc) is 3.03. The van der Waals surface area contributed by atoms with Crippen LogP contribution in [0.25, 0.3) is 0 Å². The van der Waals surface area contributed by atoms with Gasteiger partial charge in [-0.05, 0) is 19.1 Å². The molecule has 1 spiro atoms. The number of carbonyl (C=O) groups is 3. The lowest BCUT2D eigenvalue weighted by Crippen LogP contribution is -2.47. The third-order valence-electron chi connectivity index (χ3n) is 3.90. The number of rotatable bonds is 2. The quantitative estimate of drug-likeness (QED) is 0.635. The first-order chi connectivity index (χ1) is 10.5. The van der Waals surface area contributed by atoms with Crippen molar-refractivity contribution in [2.75, 3.05) is 12.0 Å². The summed E-state index contributed by atoms with van der Waals surface area (Å²) in [5, 5.41) is 3.86. The van der Waals surface area contributed by atoms with Crippen molar-refractivity contribution in [1.29, 1.82) is 0 Å². The number of hydrogen-bond donors (Lipinski definition) is 1. The molecule has 2 heterocycles. The van der Waals surface area contributed by atoms with E-state index in [0.29, 0.717) is 5.69 Å². The predicted molar refractivity (Wildman–Crippen MR) is 78.2 cm³/mol. The number of benzene rings is 1. The molecule has 2 aliphatic rings. The van der Waals surface area contributed by atoms with E-state index in [2.05, 4.69) is 15.3 Å². The van der Waals surface area contributed by atoms with Crippen LogP contribution in [0.3, 0.4) is 0 Å². The van der Waals surface area contributed by atoms with Crippen LogP contribution >= 0.6 is 0 Å². The van der Waals surface area contributed by atoms with Crippen molar-refractivity contribution in [3.05, 3.63) is 29.8 Å². The van der Waals surface area contributed by atoms with Gasteiger partial charge in [-0.15, -0.1) is 0 Å². The molecule has 1 unspecified atom stereocenters. The molecule has 1 saturated heterocycles. The lowest BCUT2D eigenvalue weighted by atomic mass is 9.93. The molecular formula is C15H15N3O4. The molecule has 7 nitrogen and oxygen atoms in total. The van der Waals surface area contributed by atoms with Gasteiger partial charge >= 0.3 is 5.97 Å². The van der Waals surface area contributed by atoms with Crippen LogP contribution < -0.4 is 10.3 Å². The summed E-state index contributed by atoms with van der Waals surface area (Å²) in [6.07, 6.45) is 0.0102. The zero-order valence-corrected chi connectivity index (χ0v) is 12.3. The molecule has 0 radical (unpaired) electrons. The number of amides is 2. The summed E-state index contributed by atoms with van der Waals surface area (Å²) in [7, 11) is 1.25. The Hall–Kier alpha value is -2.70. The first kappa shape index (κ1) is 14.2. The van der Waals surface area contributed by atoms with E-state index in [-0.39, 0.29) is 24.5 Å². The maximum Gasteiger partial charge on any atom is 0.354 e. The summed E-state index contributed by atoms with van der Waals surface area (Å²) in [5.41, 5.74) is 3.16. The van der Waals surface area contributed by atoms with Crippen molar-refractivity contribution in [2.24, 2.45) is 5.10 Å². The molecule has 22 heavy (non-hydrogen) atoms. The third-order valence-corrected chi connectivity index (χ3v) is 3.90. The molecule has 0 aromatic heterocycles. The van der Waals surface area contributed by atoms with Crippen LogP contribution in [-0.2, 0) is 19.1 Å². The van der Waals surface area contributed by atoms with Gasteiger partial charge in [-0.1, -0.05) is 17.7 Å². The smallest absolute Gasteiger partial charge is 0.354 e. The Balaban J connectivity index is 1.87. The summed E-state index contributed by atoms with van der Waals surface area (Å²) in [4.78, 5) is 37.6. The number of imide groups is 1. The van der Waals surface area contributed by atoms with Crippen LogP contribution in [0.4, 0.5) is 5.69 Å². The van der Waals surface area contributed by atoms with Gasteiger partial charge < -0.3 is 4.74 Å². The zero-order valence-electron chi connectivity index (χ0n) is 12.3. The SMILES string of the molecule is COC(=O)C1=NNC2(CC(=O)N(c3ccc(C)cc3)C2=O)C1.